The number of aromatic nitrogens is 2. The summed E-state index contributed by atoms with van der Waals surface area (Å²) in [7, 11) is 1.84. The molecule has 3 heterocycles. The number of nitrogens with one attached hydrogen (secondary N) is 1. The molecule has 1 N–H and O–H groups in total. The molecular formula is C18H26N4O3. The molecule has 7 heteroatoms. The molecule has 2 amide bonds. The molecular weight excluding hydrogens is 320 g/mol. The van der Waals surface area contributed by atoms with Crippen LogP contribution in [0.1, 0.15) is 47.9 Å². The van der Waals surface area contributed by atoms with Crippen molar-refractivity contribution in [2.24, 2.45) is 12.5 Å². The Kier molecular flexibility index (Phi) is 4.06. The normalized spacial score (nSPS) is 24.6. The Balaban J connectivity index is 1.58. The van der Waals surface area contributed by atoms with Crippen LogP contribution in [0.5, 0.6) is 0 Å². The number of hydrogen-bond acceptors (Lipinski definition) is 4. The fourth-order valence-corrected chi connectivity index (χ4v) is 4.72. The predicted octanol–water partition coefficient (Wildman–Crippen LogP) is 0.666. The fourth-order valence-electron chi connectivity index (χ4n) is 4.72. The van der Waals surface area contributed by atoms with Crippen LogP contribution in [0, 0.1) is 5.41 Å². The molecule has 2 aliphatic heterocycles. The van der Waals surface area contributed by atoms with E-state index in [-0.39, 0.29) is 23.3 Å². The second-order valence-electron chi connectivity index (χ2n) is 7.65. The molecule has 4 rings (SSSR count). The average Bonchev–Trinajstić information content (AvgIpc) is 3.22. The number of carbonyl (C=O) groups is 2. The van der Waals surface area contributed by atoms with Crippen LogP contribution in [0.15, 0.2) is 0 Å². The maximum absolute atomic E-state index is 13.0. The van der Waals surface area contributed by atoms with Crippen LogP contribution in [0.2, 0.25) is 0 Å². The number of likely N-dealkylation sites (tertiary alicyclic amines) is 1. The van der Waals surface area contributed by atoms with E-state index in [0.29, 0.717) is 32.0 Å². The van der Waals surface area contributed by atoms with E-state index in [1.54, 1.807) is 11.6 Å². The van der Waals surface area contributed by atoms with Gasteiger partial charge in [-0.15, -0.1) is 0 Å². The summed E-state index contributed by atoms with van der Waals surface area (Å²) in [5, 5.41) is 7.75. The molecule has 2 fully saturated rings. The molecule has 1 aliphatic carbocycles. The van der Waals surface area contributed by atoms with Gasteiger partial charge in [0, 0.05) is 51.3 Å². The zero-order valence-electron chi connectivity index (χ0n) is 15.0. The van der Waals surface area contributed by atoms with Gasteiger partial charge >= 0.3 is 0 Å². The van der Waals surface area contributed by atoms with E-state index in [2.05, 4.69) is 10.4 Å². The quantitative estimate of drug-likeness (QED) is 0.854. The lowest BCUT2D eigenvalue weighted by Crippen LogP contribution is -2.50. The topological polar surface area (TPSA) is 76.5 Å². The van der Waals surface area contributed by atoms with Crippen LogP contribution in [-0.2, 0) is 29.4 Å². The highest BCUT2D eigenvalue weighted by molar-refractivity contribution is 5.94. The minimum atomic E-state index is -0.0681. The van der Waals surface area contributed by atoms with E-state index in [4.69, 9.17) is 4.74 Å². The van der Waals surface area contributed by atoms with Gasteiger partial charge in [-0.05, 0) is 32.1 Å². The van der Waals surface area contributed by atoms with Crippen molar-refractivity contribution in [3.63, 3.8) is 0 Å². The monoisotopic (exact) mass is 346 g/mol. The van der Waals surface area contributed by atoms with Gasteiger partial charge in [0.15, 0.2) is 0 Å². The smallest absolute Gasteiger partial charge is 0.270 e. The van der Waals surface area contributed by atoms with E-state index < -0.39 is 0 Å². The number of hydrogen-bond donors (Lipinski definition) is 1. The summed E-state index contributed by atoms with van der Waals surface area (Å²) in [6, 6.07) is -0.0280. The molecule has 1 spiro atoms. The standard InChI is InChI=1S/C18H26N4O3/c1-12(23)22-10-15(18(11-22)6-8-25-9-7-18)19-17(24)16-13-4-3-5-14(13)20-21(16)2/h15H,3-11H2,1-2H3,(H,19,24). The molecule has 0 saturated carbocycles. The summed E-state index contributed by atoms with van der Waals surface area (Å²) < 4.78 is 7.24. The minimum Gasteiger partial charge on any atom is -0.381 e. The van der Waals surface area contributed by atoms with E-state index in [1.165, 1.54) is 0 Å². The average molecular weight is 346 g/mol. The van der Waals surface area contributed by atoms with Crippen LogP contribution < -0.4 is 5.32 Å². The Morgan fingerprint density at radius 3 is 2.76 bits per heavy atom. The minimum absolute atomic E-state index is 0.0280. The predicted molar refractivity (Wildman–Crippen MR) is 91.2 cm³/mol. The lowest BCUT2D eigenvalue weighted by Gasteiger charge is -2.38. The van der Waals surface area contributed by atoms with Gasteiger partial charge in [-0.25, -0.2) is 0 Å². The molecule has 1 unspecified atom stereocenters. The van der Waals surface area contributed by atoms with Crippen molar-refractivity contribution in [3.8, 4) is 0 Å². The second kappa shape index (κ2) is 6.12. The maximum atomic E-state index is 13.0. The third-order valence-corrected chi connectivity index (χ3v) is 6.17. The van der Waals surface area contributed by atoms with Crippen molar-refractivity contribution < 1.29 is 14.3 Å². The highest BCUT2D eigenvalue weighted by Crippen LogP contribution is 2.40. The Morgan fingerprint density at radius 2 is 2.04 bits per heavy atom. The molecule has 136 valence electrons. The first-order valence-electron chi connectivity index (χ1n) is 9.19. The number of carbonyl (C=O) groups excluding carboxylic acids is 2. The van der Waals surface area contributed by atoms with Crippen LogP contribution in [0.4, 0.5) is 0 Å². The molecule has 3 aliphatic rings. The van der Waals surface area contributed by atoms with Crippen molar-refractivity contribution >= 4 is 11.8 Å². The summed E-state index contributed by atoms with van der Waals surface area (Å²) >= 11 is 0. The van der Waals surface area contributed by atoms with Gasteiger partial charge in [-0.1, -0.05) is 0 Å². The molecule has 1 atom stereocenters. The molecule has 2 saturated heterocycles. The summed E-state index contributed by atoms with van der Waals surface area (Å²) in [4.78, 5) is 26.8. The highest BCUT2D eigenvalue weighted by atomic mass is 16.5. The van der Waals surface area contributed by atoms with Gasteiger partial charge < -0.3 is 15.0 Å². The van der Waals surface area contributed by atoms with E-state index >= 15 is 0 Å². The van der Waals surface area contributed by atoms with Crippen LogP contribution in [0.25, 0.3) is 0 Å². The van der Waals surface area contributed by atoms with Crippen LogP contribution in [-0.4, -0.2) is 58.8 Å². The number of amides is 2. The van der Waals surface area contributed by atoms with E-state index in [1.807, 2.05) is 11.9 Å². The van der Waals surface area contributed by atoms with Crippen molar-refractivity contribution in [2.45, 2.75) is 45.1 Å². The Morgan fingerprint density at radius 1 is 1.28 bits per heavy atom. The van der Waals surface area contributed by atoms with Gasteiger partial charge in [0.05, 0.1) is 11.7 Å². The largest absolute Gasteiger partial charge is 0.381 e. The SMILES string of the molecule is CC(=O)N1CC(NC(=O)c2c3c(nn2C)CCC3)C2(CCOCC2)C1. The van der Waals surface area contributed by atoms with Crippen LogP contribution in [0.3, 0.4) is 0 Å². The van der Waals surface area contributed by atoms with Crippen LogP contribution >= 0.6 is 0 Å². The van der Waals surface area contributed by atoms with Gasteiger partial charge in [-0.3, -0.25) is 14.3 Å². The first-order valence-corrected chi connectivity index (χ1v) is 9.19. The molecule has 0 bridgehead atoms. The maximum Gasteiger partial charge on any atom is 0.270 e. The summed E-state index contributed by atoms with van der Waals surface area (Å²) in [5.74, 6) is 0.0171. The third kappa shape index (κ3) is 2.74. The number of ether oxygens (including phenoxy) is 1. The molecule has 0 aromatic carbocycles. The first-order chi connectivity index (χ1) is 12.0. The molecule has 25 heavy (non-hydrogen) atoms. The molecule has 1 aromatic rings. The third-order valence-electron chi connectivity index (χ3n) is 6.17. The number of fused-ring (bicyclic) bond motifs is 1. The summed E-state index contributed by atoms with van der Waals surface area (Å²) in [6.45, 7) is 4.28. The number of aryl methyl sites for hydroxylation is 2. The molecule has 7 nitrogen and oxygen atoms in total. The van der Waals surface area contributed by atoms with E-state index in [0.717, 1.165) is 43.4 Å². The zero-order valence-corrected chi connectivity index (χ0v) is 15.0. The van der Waals surface area contributed by atoms with Crippen molar-refractivity contribution in [3.05, 3.63) is 17.0 Å². The molecule has 0 radical (unpaired) electrons. The fraction of sp³-hybridized carbons (Fsp3) is 0.722. The van der Waals surface area contributed by atoms with Crippen molar-refractivity contribution in [2.75, 3.05) is 26.3 Å². The highest BCUT2D eigenvalue weighted by Gasteiger charge is 2.49. The first kappa shape index (κ1) is 16.6. The Bertz CT molecular complexity index is 705. The van der Waals surface area contributed by atoms with Gasteiger partial charge in [0.1, 0.15) is 5.69 Å². The Labute approximate surface area is 147 Å². The van der Waals surface area contributed by atoms with Gasteiger partial charge in [-0.2, -0.15) is 5.10 Å². The lowest BCUT2D eigenvalue weighted by atomic mass is 9.76. The second-order valence-corrected chi connectivity index (χ2v) is 7.65. The van der Waals surface area contributed by atoms with Crippen molar-refractivity contribution in [1.29, 1.82) is 0 Å². The summed E-state index contributed by atoms with van der Waals surface area (Å²) in [5.41, 5.74) is 2.78. The zero-order chi connectivity index (χ0) is 17.6. The number of rotatable bonds is 2. The van der Waals surface area contributed by atoms with Gasteiger partial charge in [0.2, 0.25) is 5.91 Å². The Hall–Kier alpha value is -1.89. The van der Waals surface area contributed by atoms with E-state index in [9.17, 15) is 9.59 Å². The van der Waals surface area contributed by atoms with Gasteiger partial charge in [0.25, 0.3) is 5.91 Å². The number of nitrogens with zero attached hydrogens (tertiary/aromatic N) is 3. The van der Waals surface area contributed by atoms with Crippen molar-refractivity contribution in [1.82, 2.24) is 20.0 Å². The lowest BCUT2D eigenvalue weighted by molar-refractivity contribution is -0.128. The molecule has 1 aromatic heterocycles. The summed E-state index contributed by atoms with van der Waals surface area (Å²) in [6.07, 6.45) is 4.71.